The minimum absolute atomic E-state index is 0.674. The number of hydrogen-bond donors (Lipinski definition) is 0. The van der Waals surface area contributed by atoms with E-state index in [-0.39, 0.29) is 0 Å². The zero-order chi connectivity index (χ0) is 13.0. The van der Waals surface area contributed by atoms with Gasteiger partial charge in [-0.3, -0.25) is 4.89 Å². The Hall–Kier alpha value is -1.30. The van der Waals surface area contributed by atoms with Crippen molar-refractivity contribution < 1.29 is 28.8 Å². The van der Waals surface area contributed by atoms with Gasteiger partial charge in [-0.25, -0.2) is 9.59 Å². The number of hydrogen-bond acceptors (Lipinski definition) is 6. The van der Waals surface area contributed by atoms with Crippen LogP contribution in [0.15, 0.2) is 0 Å². The summed E-state index contributed by atoms with van der Waals surface area (Å²) in [6.45, 7) is 9.96. The molecular weight excluding hydrogens is 216 g/mol. The van der Waals surface area contributed by atoms with Crippen LogP contribution in [0, 0.1) is 0 Å². The summed E-state index contributed by atoms with van der Waals surface area (Å²) in [6.07, 6.45) is -2.39. The normalized spacial score (nSPS) is 11.9. The number of rotatable bonds is 1. The molecule has 0 bridgehead atoms. The van der Waals surface area contributed by atoms with Crippen molar-refractivity contribution >= 4 is 12.3 Å². The first-order chi connectivity index (χ1) is 6.99. The maximum atomic E-state index is 11.0. The van der Waals surface area contributed by atoms with Gasteiger partial charge in [0.1, 0.15) is 11.2 Å². The smallest absolute Gasteiger partial charge is 0.428 e. The molecule has 94 valence electrons. The molecule has 0 saturated heterocycles. The maximum absolute atomic E-state index is 11.0. The standard InChI is InChI=1S/C10H18O6/c1-9(2,3)14-7(11)13-8(12)15-16-10(4,5)6/h1-6H3. The lowest BCUT2D eigenvalue weighted by Gasteiger charge is -2.19. The highest BCUT2D eigenvalue weighted by atomic mass is 17.2. The van der Waals surface area contributed by atoms with E-state index in [1.807, 2.05) is 0 Å². The molecule has 16 heavy (non-hydrogen) atoms. The molecule has 0 amide bonds. The molecule has 0 rings (SSSR count). The second-order valence-electron chi connectivity index (χ2n) is 5.10. The van der Waals surface area contributed by atoms with E-state index in [0.29, 0.717) is 0 Å². The monoisotopic (exact) mass is 234 g/mol. The maximum Gasteiger partial charge on any atom is 0.550 e. The lowest BCUT2D eigenvalue weighted by molar-refractivity contribution is -0.310. The average molecular weight is 234 g/mol. The summed E-state index contributed by atoms with van der Waals surface area (Å²) in [7, 11) is 0. The SMILES string of the molecule is CC(C)(C)OOC(=O)OC(=O)OC(C)(C)C. The van der Waals surface area contributed by atoms with Gasteiger partial charge in [-0.2, -0.15) is 4.89 Å². The molecule has 0 unspecified atom stereocenters. The first kappa shape index (κ1) is 14.7. The summed E-state index contributed by atoms with van der Waals surface area (Å²) in [5.74, 6) is 0. The van der Waals surface area contributed by atoms with Crippen LogP contribution in [0.1, 0.15) is 41.5 Å². The van der Waals surface area contributed by atoms with Gasteiger partial charge in [-0.1, -0.05) is 0 Å². The molecule has 6 heteroatoms. The predicted octanol–water partition coefficient (Wildman–Crippen LogP) is 2.80. The lowest BCUT2D eigenvalue weighted by Crippen LogP contribution is -2.28. The van der Waals surface area contributed by atoms with Crippen LogP contribution in [0.3, 0.4) is 0 Å². The van der Waals surface area contributed by atoms with Crippen LogP contribution in [0.2, 0.25) is 0 Å². The summed E-state index contributed by atoms with van der Waals surface area (Å²) >= 11 is 0. The van der Waals surface area contributed by atoms with Gasteiger partial charge in [-0.05, 0) is 41.5 Å². The van der Waals surface area contributed by atoms with Crippen LogP contribution in [-0.4, -0.2) is 23.5 Å². The van der Waals surface area contributed by atoms with Gasteiger partial charge in [0, 0.05) is 0 Å². The zero-order valence-corrected chi connectivity index (χ0v) is 10.4. The van der Waals surface area contributed by atoms with E-state index in [4.69, 9.17) is 4.74 Å². The summed E-state index contributed by atoms with van der Waals surface area (Å²) in [6, 6.07) is 0. The Morgan fingerprint density at radius 2 is 1.31 bits per heavy atom. The molecule has 6 nitrogen and oxygen atoms in total. The van der Waals surface area contributed by atoms with Crippen LogP contribution in [0.4, 0.5) is 9.59 Å². The van der Waals surface area contributed by atoms with E-state index >= 15 is 0 Å². The van der Waals surface area contributed by atoms with Crippen molar-refractivity contribution in [2.45, 2.75) is 52.7 Å². The van der Waals surface area contributed by atoms with E-state index < -0.39 is 23.5 Å². The quantitative estimate of drug-likeness (QED) is 0.300. The van der Waals surface area contributed by atoms with Gasteiger partial charge in [0.2, 0.25) is 0 Å². The van der Waals surface area contributed by atoms with Gasteiger partial charge >= 0.3 is 12.3 Å². The molecule has 0 heterocycles. The highest BCUT2D eigenvalue weighted by Crippen LogP contribution is 2.10. The van der Waals surface area contributed by atoms with E-state index in [1.54, 1.807) is 41.5 Å². The number of carbonyl (C=O) groups excluding carboxylic acids is 2. The van der Waals surface area contributed by atoms with Crippen molar-refractivity contribution in [2.24, 2.45) is 0 Å². The van der Waals surface area contributed by atoms with E-state index in [2.05, 4.69) is 14.5 Å². The van der Waals surface area contributed by atoms with Crippen LogP contribution < -0.4 is 0 Å². The van der Waals surface area contributed by atoms with Crippen molar-refractivity contribution in [1.82, 2.24) is 0 Å². The molecule has 0 aromatic carbocycles. The molecule has 0 aliphatic carbocycles. The van der Waals surface area contributed by atoms with Gasteiger partial charge in [0.25, 0.3) is 0 Å². The molecule has 0 aliphatic rings. The summed E-state index contributed by atoms with van der Waals surface area (Å²) in [4.78, 5) is 30.8. The zero-order valence-electron chi connectivity index (χ0n) is 10.4. The largest absolute Gasteiger partial charge is 0.550 e. The highest BCUT2D eigenvalue weighted by molar-refractivity contribution is 5.76. The fourth-order valence-electron chi connectivity index (χ4n) is 0.515. The third-order valence-electron chi connectivity index (χ3n) is 0.916. The minimum Gasteiger partial charge on any atom is -0.428 e. The van der Waals surface area contributed by atoms with Crippen LogP contribution in [-0.2, 0) is 19.2 Å². The Labute approximate surface area is 94.7 Å². The summed E-state index contributed by atoms with van der Waals surface area (Å²) < 4.78 is 8.90. The Bertz CT molecular complexity index is 257. The highest BCUT2D eigenvalue weighted by Gasteiger charge is 2.23. The molecule has 0 N–H and O–H groups in total. The van der Waals surface area contributed by atoms with Crippen molar-refractivity contribution in [1.29, 1.82) is 0 Å². The molecule has 0 saturated carbocycles. The van der Waals surface area contributed by atoms with Crippen molar-refractivity contribution in [3.05, 3.63) is 0 Å². The summed E-state index contributed by atoms with van der Waals surface area (Å²) in [5, 5.41) is 0. The fraction of sp³-hybridized carbons (Fsp3) is 0.800. The third-order valence-corrected chi connectivity index (χ3v) is 0.916. The topological polar surface area (TPSA) is 71.1 Å². The van der Waals surface area contributed by atoms with Gasteiger partial charge in [0.15, 0.2) is 0 Å². The number of carbonyl (C=O) groups is 2. The average Bonchev–Trinajstić information content (AvgIpc) is 1.95. The molecule has 0 fully saturated rings. The van der Waals surface area contributed by atoms with Gasteiger partial charge in [-0.15, -0.1) is 0 Å². The molecular formula is C10H18O6. The predicted molar refractivity (Wildman–Crippen MR) is 54.6 cm³/mol. The second-order valence-corrected chi connectivity index (χ2v) is 5.10. The van der Waals surface area contributed by atoms with Gasteiger partial charge < -0.3 is 9.47 Å². The Morgan fingerprint density at radius 1 is 0.812 bits per heavy atom. The van der Waals surface area contributed by atoms with Crippen LogP contribution in [0.5, 0.6) is 0 Å². The van der Waals surface area contributed by atoms with Crippen LogP contribution in [0.25, 0.3) is 0 Å². The lowest BCUT2D eigenvalue weighted by atomic mass is 10.2. The second kappa shape index (κ2) is 5.16. The minimum atomic E-state index is -1.26. The van der Waals surface area contributed by atoms with Crippen molar-refractivity contribution in [3.8, 4) is 0 Å². The van der Waals surface area contributed by atoms with Crippen molar-refractivity contribution in [2.75, 3.05) is 0 Å². The molecule has 0 aromatic heterocycles. The van der Waals surface area contributed by atoms with Crippen molar-refractivity contribution in [3.63, 3.8) is 0 Å². The first-order valence-corrected chi connectivity index (χ1v) is 4.80. The molecule has 0 aliphatic heterocycles. The Kier molecular flexibility index (Phi) is 4.74. The summed E-state index contributed by atoms with van der Waals surface area (Å²) in [5.41, 5.74) is -1.41. The molecule has 0 atom stereocenters. The van der Waals surface area contributed by atoms with E-state index in [9.17, 15) is 9.59 Å². The van der Waals surface area contributed by atoms with Crippen LogP contribution >= 0.6 is 0 Å². The Morgan fingerprint density at radius 3 is 1.69 bits per heavy atom. The Balaban J connectivity index is 3.93. The third kappa shape index (κ3) is 9.26. The van der Waals surface area contributed by atoms with E-state index in [1.165, 1.54) is 0 Å². The van der Waals surface area contributed by atoms with E-state index in [0.717, 1.165) is 0 Å². The number of ether oxygens (including phenoxy) is 2. The fourth-order valence-corrected chi connectivity index (χ4v) is 0.515. The molecule has 0 aromatic rings. The first-order valence-electron chi connectivity index (χ1n) is 4.80. The molecule has 0 radical (unpaired) electrons. The van der Waals surface area contributed by atoms with Gasteiger partial charge in [0.05, 0.1) is 0 Å². The molecule has 0 spiro atoms.